The average Bonchev–Trinajstić information content (AvgIpc) is 2.90. The molecule has 0 bridgehead atoms. The minimum absolute atomic E-state index is 0.0659. The number of nitrogens with zero attached hydrogens (tertiary/aromatic N) is 1. The Balaban J connectivity index is 1.94. The highest BCUT2D eigenvalue weighted by molar-refractivity contribution is 9.10. The van der Waals surface area contributed by atoms with Crippen LogP contribution in [-0.2, 0) is 0 Å². The van der Waals surface area contributed by atoms with Crippen molar-refractivity contribution in [1.82, 2.24) is 4.98 Å². The predicted molar refractivity (Wildman–Crippen MR) is 90.3 cm³/mol. The highest BCUT2D eigenvalue weighted by atomic mass is 79.9. The number of hydrogen-bond donors (Lipinski definition) is 1. The second kappa shape index (κ2) is 6.02. The quantitative estimate of drug-likeness (QED) is 0.684. The number of halogens is 2. The number of aromatic nitrogens is 1. The number of hydrogen-bond acceptors (Lipinski definition) is 4. The van der Waals surface area contributed by atoms with Crippen molar-refractivity contribution in [2.45, 2.75) is 0 Å². The standard InChI is InChI=1S/C16H11BrClNO3/c1-21-14-7-9(6-11(17)16(14)20)2-5-15-19-12-8-10(18)3-4-13(12)22-15/h2-8,20H,1H3/b5-2+. The molecule has 1 aromatic heterocycles. The van der Waals surface area contributed by atoms with Crippen molar-refractivity contribution in [3.8, 4) is 11.5 Å². The van der Waals surface area contributed by atoms with Gasteiger partial charge in [0.1, 0.15) is 5.52 Å². The first-order chi connectivity index (χ1) is 10.6. The van der Waals surface area contributed by atoms with Gasteiger partial charge in [-0.3, -0.25) is 0 Å². The summed E-state index contributed by atoms with van der Waals surface area (Å²) in [5.41, 5.74) is 2.21. The molecule has 2 aromatic carbocycles. The van der Waals surface area contributed by atoms with Gasteiger partial charge in [-0.2, -0.15) is 0 Å². The summed E-state index contributed by atoms with van der Waals surface area (Å²) >= 11 is 9.21. The van der Waals surface area contributed by atoms with Crippen molar-refractivity contribution >= 4 is 50.8 Å². The molecule has 0 atom stereocenters. The smallest absolute Gasteiger partial charge is 0.220 e. The number of benzene rings is 2. The molecule has 1 heterocycles. The Morgan fingerprint density at radius 2 is 2.09 bits per heavy atom. The largest absolute Gasteiger partial charge is 0.503 e. The zero-order valence-corrected chi connectivity index (χ0v) is 13.9. The molecular formula is C16H11BrClNO3. The fourth-order valence-electron chi connectivity index (χ4n) is 2.00. The monoisotopic (exact) mass is 379 g/mol. The van der Waals surface area contributed by atoms with Gasteiger partial charge in [0.15, 0.2) is 17.1 Å². The van der Waals surface area contributed by atoms with E-state index in [1.54, 1.807) is 36.4 Å². The summed E-state index contributed by atoms with van der Waals surface area (Å²) in [5.74, 6) is 0.926. The molecule has 0 amide bonds. The fourth-order valence-corrected chi connectivity index (χ4v) is 2.63. The Bertz CT molecular complexity index is 873. The van der Waals surface area contributed by atoms with Crippen LogP contribution in [0.25, 0.3) is 23.3 Å². The van der Waals surface area contributed by atoms with Crippen LogP contribution in [0.1, 0.15) is 11.5 Å². The maximum Gasteiger partial charge on any atom is 0.220 e. The first-order valence-corrected chi connectivity index (χ1v) is 7.54. The SMILES string of the molecule is COc1cc(/C=C/c2nc3cc(Cl)ccc3o2)cc(Br)c1O. The van der Waals surface area contributed by atoms with Gasteiger partial charge < -0.3 is 14.3 Å². The molecule has 6 heteroatoms. The molecule has 0 saturated carbocycles. The van der Waals surface area contributed by atoms with Gasteiger partial charge in [0.05, 0.1) is 11.6 Å². The van der Waals surface area contributed by atoms with Gasteiger partial charge in [0.2, 0.25) is 5.89 Å². The molecule has 4 nitrogen and oxygen atoms in total. The van der Waals surface area contributed by atoms with Gasteiger partial charge >= 0.3 is 0 Å². The maximum absolute atomic E-state index is 9.79. The lowest BCUT2D eigenvalue weighted by atomic mass is 10.2. The number of oxazole rings is 1. The first kappa shape index (κ1) is 14.9. The van der Waals surface area contributed by atoms with E-state index in [2.05, 4.69) is 20.9 Å². The van der Waals surface area contributed by atoms with E-state index in [0.29, 0.717) is 32.2 Å². The Morgan fingerprint density at radius 3 is 2.86 bits per heavy atom. The topological polar surface area (TPSA) is 55.5 Å². The summed E-state index contributed by atoms with van der Waals surface area (Å²) in [4.78, 5) is 4.34. The van der Waals surface area contributed by atoms with Crippen LogP contribution in [0.2, 0.25) is 5.02 Å². The number of aromatic hydroxyl groups is 1. The summed E-state index contributed by atoms with van der Waals surface area (Å²) in [6.45, 7) is 0. The second-order valence-corrected chi connectivity index (χ2v) is 5.84. The summed E-state index contributed by atoms with van der Waals surface area (Å²) in [6, 6.07) is 8.77. The lowest BCUT2D eigenvalue weighted by Crippen LogP contribution is -1.85. The molecule has 3 aromatic rings. The van der Waals surface area contributed by atoms with E-state index in [0.717, 1.165) is 5.56 Å². The number of methoxy groups -OCH3 is 1. The summed E-state index contributed by atoms with van der Waals surface area (Å²) in [7, 11) is 1.50. The van der Waals surface area contributed by atoms with Gasteiger partial charge in [-0.05, 0) is 57.9 Å². The molecule has 0 fully saturated rings. The molecule has 1 N–H and O–H groups in total. The zero-order valence-electron chi connectivity index (χ0n) is 11.5. The van der Waals surface area contributed by atoms with Crippen molar-refractivity contribution in [3.63, 3.8) is 0 Å². The summed E-state index contributed by atoms with van der Waals surface area (Å²) in [5, 5.41) is 10.4. The van der Waals surface area contributed by atoms with E-state index in [9.17, 15) is 5.11 Å². The van der Waals surface area contributed by atoms with Gasteiger partial charge in [0, 0.05) is 11.1 Å². The van der Waals surface area contributed by atoms with Gasteiger partial charge in [-0.1, -0.05) is 11.6 Å². The lowest BCUT2D eigenvalue weighted by Gasteiger charge is -2.06. The number of phenols is 1. The van der Waals surface area contributed by atoms with Crippen LogP contribution in [0.4, 0.5) is 0 Å². The molecule has 112 valence electrons. The highest BCUT2D eigenvalue weighted by Crippen LogP contribution is 2.35. The molecule has 0 aliphatic carbocycles. The van der Waals surface area contributed by atoms with E-state index in [1.807, 2.05) is 6.08 Å². The summed E-state index contributed by atoms with van der Waals surface area (Å²) in [6.07, 6.45) is 3.56. The van der Waals surface area contributed by atoms with Crippen LogP contribution in [0.15, 0.2) is 39.2 Å². The van der Waals surface area contributed by atoms with Gasteiger partial charge in [0.25, 0.3) is 0 Å². The minimum Gasteiger partial charge on any atom is -0.503 e. The second-order valence-electron chi connectivity index (χ2n) is 4.55. The molecule has 3 rings (SSSR count). The molecule has 0 unspecified atom stereocenters. The number of ether oxygens (including phenoxy) is 1. The third-order valence-electron chi connectivity index (χ3n) is 3.06. The summed E-state index contributed by atoms with van der Waals surface area (Å²) < 4.78 is 11.3. The number of rotatable bonds is 3. The van der Waals surface area contributed by atoms with Crippen LogP contribution >= 0.6 is 27.5 Å². The van der Waals surface area contributed by atoms with E-state index in [-0.39, 0.29) is 5.75 Å². The third-order valence-corrected chi connectivity index (χ3v) is 3.89. The van der Waals surface area contributed by atoms with Crippen LogP contribution in [0, 0.1) is 0 Å². The van der Waals surface area contributed by atoms with E-state index >= 15 is 0 Å². The molecular weight excluding hydrogens is 370 g/mol. The van der Waals surface area contributed by atoms with Crippen molar-refractivity contribution in [2.75, 3.05) is 7.11 Å². The Kier molecular flexibility index (Phi) is 4.09. The molecule has 22 heavy (non-hydrogen) atoms. The fraction of sp³-hybridized carbons (Fsp3) is 0.0625. The average molecular weight is 381 g/mol. The van der Waals surface area contributed by atoms with Crippen molar-refractivity contribution in [3.05, 3.63) is 51.3 Å². The first-order valence-electron chi connectivity index (χ1n) is 6.37. The molecule has 0 saturated heterocycles. The van der Waals surface area contributed by atoms with Crippen molar-refractivity contribution < 1.29 is 14.3 Å². The highest BCUT2D eigenvalue weighted by Gasteiger charge is 2.08. The number of phenolic OH excluding ortho intramolecular Hbond substituents is 1. The van der Waals surface area contributed by atoms with Crippen LogP contribution < -0.4 is 4.74 Å². The van der Waals surface area contributed by atoms with Gasteiger partial charge in [-0.15, -0.1) is 0 Å². The zero-order chi connectivity index (χ0) is 15.7. The van der Waals surface area contributed by atoms with Crippen LogP contribution in [0.3, 0.4) is 0 Å². The van der Waals surface area contributed by atoms with Crippen molar-refractivity contribution in [1.29, 1.82) is 0 Å². The lowest BCUT2D eigenvalue weighted by molar-refractivity contribution is 0.372. The third kappa shape index (κ3) is 2.96. The van der Waals surface area contributed by atoms with Crippen molar-refractivity contribution in [2.24, 2.45) is 0 Å². The van der Waals surface area contributed by atoms with E-state index in [4.69, 9.17) is 20.8 Å². The molecule has 0 aliphatic heterocycles. The van der Waals surface area contributed by atoms with E-state index in [1.165, 1.54) is 7.11 Å². The maximum atomic E-state index is 9.79. The molecule has 0 radical (unpaired) electrons. The minimum atomic E-state index is 0.0659. The molecule has 0 aliphatic rings. The Hall–Kier alpha value is -1.98. The Morgan fingerprint density at radius 1 is 1.27 bits per heavy atom. The normalized spacial score (nSPS) is 11.4. The Labute approximate surface area is 140 Å². The van der Waals surface area contributed by atoms with Crippen LogP contribution in [0.5, 0.6) is 11.5 Å². The van der Waals surface area contributed by atoms with Crippen LogP contribution in [-0.4, -0.2) is 17.2 Å². The predicted octanol–water partition coefficient (Wildman–Crippen LogP) is 5.13. The number of fused-ring (bicyclic) bond motifs is 1. The molecule has 0 spiro atoms. The van der Waals surface area contributed by atoms with E-state index < -0.39 is 0 Å². The van der Waals surface area contributed by atoms with Gasteiger partial charge in [-0.25, -0.2) is 4.98 Å².